The van der Waals surface area contributed by atoms with Gasteiger partial charge in [-0.15, -0.1) is 0 Å². The Kier molecular flexibility index (Phi) is 9.97. The van der Waals surface area contributed by atoms with Gasteiger partial charge in [0.05, 0.1) is 27.3 Å². The zero-order valence-corrected chi connectivity index (χ0v) is 33.2. The number of aromatic nitrogens is 1. The van der Waals surface area contributed by atoms with Gasteiger partial charge in [-0.3, -0.25) is 23.3 Å². The number of ketones is 1. The van der Waals surface area contributed by atoms with E-state index in [2.05, 4.69) is 5.32 Å². The fourth-order valence-corrected chi connectivity index (χ4v) is 8.15. The van der Waals surface area contributed by atoms with Crippen molar-refractivity contribution < 1.29 is 55.3 Å². The zero-order valence-electron chi connectivity index (χ0n) is 31.5. The minimum atomic E-state index is -5.04. The Labute approximate surface area is 341 Å². The van der Waals surface area contributed by atoms with Gasteiger partial charge < -0.3 is 20.3 Å². The van der Waals surface area contributed by atoms with E-state index in [1.807, 2.05) is 26.8 Å². The van der Waals surface area contributed by atoms with Crippen LogP contribution in [0.3, 0.4) is 0 Å². The molecule has 0 saturated carbocycles. The van der Waals surface area contributed by atoms with Gasteiger partial charge in [-0.25, -0.2) is 9.59 Å². The summed E-state index contributed by atoms with van der Waals surface area (Å²) in [7, 11) is -9.76. The number of anilines is 2. The summed E-state index contributed by atoms with van der Waals surface area (Å²) < 4.78 is 77.4. The summed E-state index contributed by atoms with van der Waals surface area (Å²) in [6.45, 7) is 5.58. The molecule has 1 heterocycles. The second-order valence-electron chi connectivity index (χ2n) is 14.4. The SMILES string of the molecule is CCC(C)(C)c1ccc(Oc2cc(Nc3cc(C(=O)O)cc(C(=O)O)c3)c3c4c(c(C#N)c(=O)n(-c5ccc(S(=O)(=O)O)cc5)c24)-c2ccccc2C3=O)c(S(=O)(=O)O)c1. The number of carbonyl (C=O) groups is 3. The van der Waals surface area contributed by atoms with Crippen molar-refractivity contribution in [1.82, 2.24) is 4.57 Å². The van der Waals surface area contributed by atoms with E-state index in [0.717, 1.165) is 47.0 Å². The number of ether oxygens (including phenoxy) is 1. The summed E-state index contributed by atoms with van der Waals surface area (Å²) in [5, 5.41) is 33.0. The summed E-state index contributed by atoms with van der Waals surface area (Å²) in [6.07, 6.45) is 0.564. The Hall–Kier alpha value is -7.17. The van der Waals surface area contributed by atoms with Crippen molar-refractivity contribution in [3.8, 4) is 34.4 Å². The number of rotatable bonds is 11. The smallest absolute Gasteiger partial charge is 0.335 e. The van der Waals surface area contributed by atoms with E-state index in [-0.39, 0.29) is 56.0 Å². The van der Waals surface area contributed by atoms with Crippen LogP contribution >= 0.6 is 0 Å². The average Bonchev–Trinajstić information content (AvgIpc) is 3.19. The fourth-order valence-electron chi connectivity index (χ4n) is 7.03. The highest BCUT2D eigenvalue weighted by atomic mass is 32.2. The number of carboxylic acids is 2. The molecule has 0 spiro atoms. The number of benzene rings is 5. The van der Waals surface area contributed by atoms with Gasteiger partial charge in [-0.05, 0) is 77.6 Å². The molecular weight excluding hydrogens is 819 g/mol. The summed E-state index contributed by atoms with van der Waals surface area (Å²) >= 11 is 0. The van der Waals surface area contributed by atoms with Crippen molar-refractivity contribution in [3.05, 3.63) is 135 Å². The molecule has 1 aliphatic rings. The maximum absolute atomic E-state index is 14.7. The van der Waals surface area contributed by atoms with Crippen molar-refractivity contribution in [2.24, 2.45) is 0 Å². The van der Waals surface area contributed by atoms with Crippen molar-refractivity contribution in [3.63, 3.8) is 0 Å². The van der Waals surface area contributed by atoms with Crippen LogP contribution in [0.1, 0.15) is 75.0 Å². The second-order valence-corrected chi connectivity index (χ2v) is 17.2. The molecule has 1 aromatic heterocycles. The molecular formula is C42H31N3O13S2. The first-order valence-electron chi connectivity index (χ1n) is 17.8. The topological polar surface area (TPSA) is 267 Å². The third kappa shape index (κ3) is 7.05. The molecule has 1 aliphatic carbocycles. The van der Waals surface area contributed by atoms with Crippen LogP contribution in [0, 0.1) is 11.3 Å². The van der Waals surface area contributed by atoms with Crippen LogP contribution in [0.5, 0.6) is 11.5 Å². The molecule has 304 valence electrons. The van der Waals surface area contributed by atoms with E-state index in [9.17, 15) is 60.6 Å². The van der Waals surface area contributed by atoms with E-state index < -0.39 is 81.2 Å². The zero-order chi connectivity index (χ0) is 43.6. The highest BCUT2D eigenvalue weighted by molar-refractivity contribution is 7.86. The molecule has 0 bridgehead atoms. The Morgan fingerprint density at radius 1 is 0.800 bits per heavy atom. The van der Waals surface area contributed by atoms with Crippen LogP contribution in [0.2, 0.25) is 0 Å². The molecule has 0 atom stereocenters. The molecule has 0 unspecified atom stereocenters. The van der Waals surface area contributed by atoms with Crippen molar-refractivity contribution in [1.29, 1.82) is 5.26 Å². The van der Waals surface area contributed by atoms with Gasteiger partial charge in [0.2, 0.25) is 0 Å². The van der Waals surface area contributed by atoms with Gasteiger partial charge in [-0.2, -0.15) is 22.1 Å². The second kappa shape index (κ2) is 14.6. The van der Waals surface area contributed by atoms with Gasteiger partial charge in [-0.1, -0.05) is 51.1 Å². The molecule has 0 aliphatic heterocycles. The van der Waals surface area contributed by atoms with Crippen LogP contribution in [-0.2, 0) is 25.7 Å². The largest absolute Gasteiger partial charge is 0.478 e. The van der Waals surface area contributed by atoms with Crippen molar-refractivity contribution in [2.75, 3.05) is 5.32 Å². The molecule has 7 rings (SSSR count). The number of pyridine rings is 1. The molecule has 0 fully saturated rings. The maximum atomic E-state index is 14.7. The molecule has 60 heavy (non-hydrogen) atoms. The number of nitriles is 1. The first kappa shape index (κ1) is 41.0. The number of nitrogens with one attached hydrogen (secondary N) is 1. The molecule has 16 nitrogen and oxygen atoms in total. The first-order chi connectivity index (χ1) is 28.2. The van der Waals surface area contributed by atoms with E-state index in [4.69, 9.17) is 4.74 Å². The Morgan fingerprint density at radius 2 is 1.42 bits per heavy atom. The lowest BCUT2D eigenvalue weighted by Crippen LogP contribution is -2.26. The molecule has 6 aromatic rings. The minimum Gasteiger partial charge on any atom is -0.478 e. The lowest BCUT2D eigenvalue weighted by Gasteiger charge is -2.27. The molecule has 18 heteroatoms. The third-order valence-corrected chi connectivity index (χ3v) is 12.1. The van der Waals surface area contributed by atoms with E-state index >= 15 is 0 Å². The van der Waals surface area contributed by atoms with E-state index in [1.165, 1.54) is 30.3 Å². The number of carboxylic acid groups (broad SMARTS) is 2. The number of fused-ring (bicyclic) bond motifs is 2. The molecule has 0 saturated heterocycles. The molecule has 5 N–H and O–H groups in total. The lowest BCUT2D eigenvalue weighted by molar-refractivity contribution is 0.0696. The predicted octanol–water partition coefficient (Wildman–Crippen LogP) is 7.19. The summed E-state index contributed by atoms with van der Waals surface area (Å²) in [4.78, 5) is 52.3. The van der Waals surface area contributed by atoms with Gasteiger partial charge in [0.15, 0.2) is 11.5 Å². The Bertz CT molecular complexity index is 3190. The monoisotopic (exact) mass is 849 g/mol. The summed E-state index contributed by atoms with van der Waals surface area (Å²) in [6, 6.07) is 20.5. The Balaban J connectivity index is 1.67. The number of carbonyl (C=O) groups excluding carboxylic acids is 1. The van der Waals surface area contributed by atoms with Crippen LogP contribution in [0.4, 0.5) is 11.4 Å². The van der Waals surface area contributed by atoms with Gasteiger partial charge in [0, 0.05) is 34.0 Å². The van der Waals surface area contributed by atoms with Crippen LogP contribution in [0.15, 0.2) is 106 Å². The van der Waals surface area contributed by atoms with E-state index in [1.54, 1.807) is 18.2 Å². The van der Waals surface area contributed by atoms with Gasteiger partial charge >= 0.3 is 11.9 Å². The quantitative estimate of drug-likeness (QED) is 0.0806. The fraction of sp³-hybridized carbons (Fsp3) is 0.119. The number of aromatic carboxylic acids is 2. The Morgan fingerprint density at radius 3 is 1.97 bits per heavy atom. The van der Waals surface area contributed by atoms with Crippen molar-refractivity contribution in [2.45, 2.75) is 42.4 Å². The summed E-state index contributed by atoms with van der Waals surface area (Å²) in [5.74, 6) is -4.47. The normalized spacial score (nSPS) is 12.4. The molecule has 5 aromatic carbocycles. The molecule has 0 radical (unpaired) electrons. The van der Waals surface area contributed by atoms with Crippen molar-refractivity contribution >= 4 is 60.2 Å². The maximum Gasteiger partial charge on any atom is 0.335 e. The van der Waals surface area contributed by atoms with Gasteiger partial charge in [0.1, 0.15) is 27.8 Å². The summed E-state index contributed by atoms with van der Waals surface area (Å²) in [5.41, 5.74) is -3.17. The average molecular weight is 850 g/mol. The number of hydrogen-bond donors (Lipinski definition) is 5. The molecule has 0 amide bonds. The highest BCUT2D eigenvalue weighted by Crippen LogP contribution is 2.49. The van der Waals surface area contributed by atoms with Gasteiger partial charge in [0.25, 0.3) is 25.8 Å². The van der Waals surface area contributed by atoms with Crippen LogP contribution in [0.25, 0.3) is 27.7 Å². The lowest BCUT2D eigenvalue weighted by atomic mass is 9.81. The van der Waals surface area contributed by atoms with Crippen LogP contribution in [-0.4, -0.2) is 58.4 Å². The number of hydrogen-bond acceptors (Lipinski definition) is 11. The van der Waals surface area contributed by atoms with E-state index in [0.29, 0.717) is 12.0 Å². The predicted molar refractivity (Wildman–Crippen MR) is 216 cm³/mol. The first-order valence-corrected chi connectivity index (χ1v) is 20.6. The number of nitrogens with zero attached hydrogens (tertiary/aromatic N) is 2. The standard InChI is InChI=1S/C42H31N3O13S2/c1-4-42(2,3)23-9-14-31(33(18-23)60(55,56)57)58-32-19-30(44-24-16-21(40(48)49)15-22(17-24)41(50)51)35-36-34(27-7-5-6-8-28(27)38(35)46)29(20-43)39(47)45(37(32)36)25-10-12-26(13-11-25)59(52,53)54/h5-19,44H,4H2,1-3H3,(H,48,49)(H,50,51)(H,52,53,54)(H,55,56,57). The van der Waals surface area contributed by atoms with Crippen LogP contribution < -0.4 is 15.6 Å². The third-order valence-electron chi connectivity index (χ3n) is 10.4. The minimum absolute atomic E-state index is 0.0440. The highest BCUT2D eigenvalue weighted by Gasteiger charge is 2.36.